The minimum atomic E-state index is -1.74. The minimum Gasteiger partial charge on any atom is -0.362 e. The molecule has 0 saturated carbocycles. The molecule has 3 rings (SSSR count). The van der Waals surface area contributed by atoms with E-state index in [0.717, 1.165) is 0 Å². The molecular formula is C17H13ClFN3O. The minimum absolute atomic E-state index is 0.302. The van der Waals surface area contributed by atoms with E-state index in [2.05, 4.69) is 16.7 Å². The fourth-order valence-corrected chi connectivity index (χ4v) is 2.66. The Bertz CT molecular complexity index is 833. The summed E-state index contributed by atoms with van der Waals surface area (Å²) in [4.78, 5) is 3.88. The highest BCUT2D eigenvalue weighted by molar-refractivity contribution is 6.31. The van der Waals surface area contributed by atoms with Crippen LogP contribution in [0, 0.1) is 5.82 Å². The molecule has 4 nitrogen and oxygen atoms in total. The maximum absolute atomic E-state index is 13.2. The lowest BCUT2D eigenvalue weighted by Gasteiger charge is -2.31. The van der Waals surface area contributed by atoms with Gasteiger partial charge in [-0.3, -0.25) is 0 Å². The van der Waals surface area contributed by atoms with E-state index >= 15 is 0 Å². The molecule has 116 valence electrons. The molecule has 1 aromatic heterocycles. The van der Waals surface area contributed by atoms with Crippen LogP contribution in [-0.4, -0.2) is 19.9 Å². The molecule has 0 fully saturated rings. The van der Waals surface area contributed by atoms with Crippen LogP contribution in [0.4, 0.5) is 4.39 Å². The summed E-state index contributed by atoms with van der Waals surface area (Å²) in [6, 6.07) is 12.5. The average molecular weight is 330 g/mol. The Kier molecular flexibility index (Phi) is 3.98. The van der Waals surface area contributed by atoms with Crippen LogP contribution in [0.5, 0.6) is 0 Å². The third-order valence-corrected chi connectivity index (χ3v) is 3.94. The Hall–Kier alpha value is -2.50. The molecule has 3 aromatic rings. The highest BCUT2D eigenvalue weighted by atomic mass is 35.5. The number of hydrogen-bond acceptors (Lipinski definition) is 3. The predicted octanol–water partition coefficient (Wildman–Crippen LogP) is 3.48. The summed E-state index contributed by atoms with van der Waals surface area (Å²) in [5.74, 6) is -0.372. The van der Waals surface area contributed by atoms with Crippen molar-refractivity contribution in [3.05, 3.63) is 89.7 Å². The molecule has 0 saturated heterocycles. The van der Waals surface area contributed by atoms with Gasteiger partial charge >= 0.3 is 0 Å². The number of halogens is 2. The standard InChI is InChI=1S/C17H13ClFN3O/c1-12(13-6-8-14(19)9-7-13)17(23,22-11-20-10-21-22)15-4-2-3-5-16(15)18/h2-11,23H,1H2. The van der Waals surface area contributed by atoms with Crippen LogP contribution in [-0.2, 0) is 5.72 Å². The number of nitrogens with zero attached hydrogens (tertiary/aromatic N) is 3. The molecule has 0 amide bonds. The molecule has 0 aliphatic heterocycles. The third-order valence-electron chi connectivity index (χ3n) is 3.61. The van der Waals surface area contributed by atoms with Gasteiger partial charge in [0, 0.05) is 16.2 Å². The highest BCUT2D eigenvalue weighted by Gasteiger charge is 2.38. The molecular weight excluding hydrogens is 317 g/mol. The second-order valence-electron chi connectivity index (χ2n) is 4.98. The Morgan fingerprint density at radius 2 is 1.87 bits per heavy atom. The van der Waals surface area contributed by atoms with Crippen LogP contribution in [0.2, 0.25) is 5.02 Å². The monoisotopic (exact) mass is 329 g/mol. The Labute approximate surface area is 137 Å². The van der Waals surface area contributed by atoms with Gasteiger partial charge in [0.25, 0.3) is 0 Å². The second kappa shape index (κ2) is 5.95. The van der Waals surface area contributed by atoms with Gasteiger partial charge in [-0.15, -0.1) is 0 Å². The number of rotatable bonds is 4. The van der Waals surface area contributed by atoms with Crippen LogP contribution in [0.1, 0.15) is 11.1 Å². The van der Waals surface area contributed by atoms with E-state index in [4.69, 9.17) is 11.6 Å². The number of aromatic nitrogens is 3. The first-order valence-corrected chi connectivity index (χ1v) is 7.19. The van der Waals surface area contributed by atoms with Gasteiger partial charge in [-0.05, 0) is 23.8 Å². The van der Waals surface area contributed by atoms with Gasteiger partial charge in [-0.25, -0.2) is 14.1 Å². The summed E-state index contributed by atoms with van der Waals surface area (Å²) < 4.78 is 14.4. The van der Waals surface area contributed by atoms with Crippen molar-refractivity contribution >= 4 is 17.2 Å². The molecule has 6 heteroatoms. The zero-order chi connectivity index (χ0) is 16.4. The molecule has 1 heterocycles. The second-order valence-corrected chi connectivity index (χ2v) is 5.38. The van der Waals surface area contributed by atoms with Crippen molar-refractivity contribution in [2.24, 2.45) is 0 Å². The van der Waals surface area contributed by atoms with Gasteiger partial charge in [0.2, 0.25) is 5.72 Å². The fraction of sp³-hybridized carbons (Fsp3) is 0.0588. The number of benzene rings is 2. The van der Waals surface area contributed by atoms with E-state index in [9.17, 15) is 9.50 Å². The van der Waals surface area contributed by atoms with Crippen molar-refractivity contribution in [1.29, 1.82) is 0 Å². The van der Waals surface area contributed by atoms with E-state index < -0.39 is 5.72 Å². The van der Waals surface area contributed by atoms with Gasteiger partial charge in [-0.2, -0.15) is 5.10 Å². The summed E-state index contributed by atoms with van der Waals surface area (Å²) in [6.07, 6.45) is 2.68. The summed E-state index contributed by atoms with van der Waals surface area (Å²) in [5, 5.41) is 15.8. The van der Waals surface area contributed by atoms with E-state index in [1.54, 1.807) is 24.3 Å². The first-order chi connectivity index (χ1) is 11.0. The molecule has 1 unspecified atom stereocenters. The zero-order valence-corrected chi connectivity index (χ0v) is 12.8. The third kappa shape index (κ3) is 2.65. The lowest BCUT2D eigenvalue weighted by atomic mass is 9.90. The summed E-state index contributed by atoms with van der Waals surface area (Å²) >= 11 is 6.26. The highest BCUT2D eigenvalue weighted by Crippen LogP contribution is 2.39. The Balaban J connectivity index is 2.19. The van der Waals surface area contributed by atoms with Gasteiger partial charge in [0.15, 0.2) is 0 Å². The summed E-state index contributed by atoms with van der Waals surface area (Å²) in [7, 11) is 0. The summed E-state index contributed by atoms with van der Waals surface area (Å²) in [6.45, 7) is 3.98. The molecule has 2 aromatic carbocycles. The molecule has 0 radical (unpaired) electrons. The molecule has 0 aliphatic rings. The fourth-order valence-electron chi connectivity index (χ4n) is 2.40. The van der Waals surface area contributed by atoms with Crippen LogP contribution in [0.3, 0.4) is 0 Å². The largest absolute Gasteiger partial charge is 0.362 e. The maximum atomic E-state index is 13.2. The van der Waals surface area contributed by atoms with Crippen LogP contribution >= 0.6 is 11.6 Å². The molecule has 1 atom stereocenters. The molecule has 1 N–H and O–H groups in total. The van der Waals surface area contributed by atoms with Crippen molar-refractivity contribution in [2.75, 3.05) is 0 Å². The van der Waals surface area contributed by atoms with Crippen LogP contribution in [0.25, 0.3) is 5.57 Å². The van der Waals surface area contributed by atoms with Crippen molar-refractivity contribution < 1.29 is 9.50 Å². The van der Waals surface area contributed by atoms with Crippen LogP contribution in [0.15, 0.2) is 67.8 Å². The van der Waals surface area contributed by atoms with E-state index in [-0.39, 0.29) is 5.82 Å². The summed E-state index contributed by atoms with van der Waals surface area (Å²) in [5.41, 5.74) is -0.478. The number of aliphatic hydroxyl groups is 1. The molecule has 0 aliphatic carbocycles. The maximum Gasteiger partial charge on any atom is 0.213 e. The van der Waals surface area contributed by atoms with E-state index in [1.807, 2.05) is 0 Å². The topological polar surface area (TPSA) is 50.9 Å². The normalized spacial score (nSPS) is 13.5. The Morgan fingerprint density at radius 3 is 2.48 bits per heavy atom. The van der Waals surface area contributed by atoms with Crippen molar-refractivity contribution in [3.8, 4) is 0 Å². The van der Waals surface area contributed by atoms with Gasteiger partial charge < -0.3 is 5.11 Å². The molecule has 23 heavy (non-hydrogen) atoms. The van der Waals surface area contributed by atoms with Gasteiger partial charge in [0.1, 0.15) is 18.5 Å². The molecule has 0 spiro atoms. The van der Waals surface area contributed by atoms with Crippen molar-refractivity contribution in [3.63, 3.8) is 0 Å². The first kappa shape index (κ1) is 15.4. The lowest BCUT2D eigenvalue weighted by Crippen LogP contribution is -2.36. The van der Waals surface area contributed by atoms with Gasteiger partial charge in [0.05, 0.1) is 0 Å². The predicted molar refractivity (Wildman–Crippen MR) is 86.2 cm³/mol. The van der Waals surface area contributed by atoms with E-state index in [1.165, 1.54) is 41.6 Å². The van der Waals surface area contributed by atoms with Crippen molar-refractivity contribution in [2.45, 2.75) is 5.72 Å². The molecule has 0 bridgehead atoms. The smallest absolute Gasteiger partial charge is 0.213 e. The van der Waals surface area contributed by atoms with E-state index in [0.29, 0.717) is 21.7 Å². The van der Waals surface area contributed by atoms with Crippen LogP contribution < -0.4 is 0 Å². The van der Waals surface area contributed by atoms with Gasteiger partial charge in [-0.1, -0.05) is 48.5 Å². The number of hydrogen-bond donors (Lipinski definition) is 1. The Morgan fingerprint density at radius 1 is 1.17 bits per heavy atom. The average Bonchev–Trinajstić information content (AvgIpc) is 3.09. The zero-order valence-electron chi connectivity index (χ0n) is 12.0. The lowest BCUT2D eigenvalue weighted by molar-refractivity contribution is 0.0551. The SMILES string of the molecule is C=C(c1ccc(F)cc1)C(O)(c1ccccc1Cl)n1cncn1. The van der Waals surface area contributed by atoms with Crippen molar-refractivity contribution in [1.82, 2.24) is 14.8 Å². The quantitative estimate of drug-likeness (QED) is 0.797. The first-order valence-electron chi connectivity index (χ1n) is 6.81.